The number of amides is 2. The Kier molecular flexibility index (Phi) is 6.46. The molecule has 0 atom stereocenters. The fraction of sp³-hybridized carbons (Fsp3) is 0.136. The Labute approximate surface area is 196 Å². The van der Waals surface area contributed by atoms with Crippen LogP contribution in [0.15, 0.2) is 51.8 Å². The molecular formula is C22H18ClN5O6. The first kappa shape index (κ1) is 22.8. The van der Waals surface area contributed by atoms with Crippen molar-refractivity contribution in [2.75, 3.05) is 17.2 Å². The monoisotopic (exact) mass is 483 g/mol. The maximum Gasteiger partial charge on any atom is 0.439 e. The van der Waals surface area contributed by atoms with E-state index in [0.717, 1.165) is 0 Å². The van der Waals surface area contributed by atoms with Gasteiger partial charge in [-0.05, 0) is 37.3 Å². The van der Waals surface area contributed by atoms with Crippen molar-refractivity contribution in [1.82, 2.24) is 15.1 Å². The molecule has 12 heteroatoms. The number of nitrogens with zero attached hydrogens (tertiary/aromatic N) is 1. The van der Waals surface area contributed by atoms with Crippen molar-refractivity contribution in [2.24, 2.45) is 0 Å². The molecule has 0 radical (unpaired) electrons. The third kappa shape index (κ3) is 4.99. The van der Waals surface area contributed by atoms with Crippen molar-refractivity contribution in [3.8, 4) is 11.4 Å². The quantitative estimate of drug-likeness (QED) is 0.232. The fourth-order valence-electron chi connectivity index (χ4n) is 3.28. The molecule has 0 saturated heterocycles. The molecule has 0 aliphatic heterocycles. The van der Waals surface area contributed by atoms with Crippen LogP contribution in [-0.4, -0.2) is 39.5 Å². The second-order valence-electron chi connectivity index (χ2n) is 7.07. The third-order valence-corrected chi connectivity index (χ3v) is 4.95. The van der Waals surface area contributed by atoms with Crippen LogP contribution in [0.5, 0.6) is 0 Å². The van der Waals surface area contributed by atoms with Crippen molar-refractivity contribution in [1.29, 1.82) is 0 Å². The van der Waals surface area contributed by atoms with E-state index in [1.54, 1.807) is 43.3 Å². The van der Waals surface area contributed by atoms with Crippen LogP contribution in [0.2, 0.25) is 5.02 Å². The summed E-state index contributed by atoms with van der Waals surface area (Å²) < 4.78 is 9.32. The summed E-state index contributed by atoms with van der Waals surface area (Å²) in [6, 6.07) is 11.4. The van der Waals surface area contributed by atoms with E-state index in [0.29, 0.717) is 32.9 Å². The number of ether oxygens (including phenoxy) is 1. The number of esters is 1. The molecule has 0 bridgehead atoms. The van der Waals surface area contributed by atoms with Gasteiger partial charge in [0.2, 0.25) is 5.91 Å². The zero-order chi connectivity index (χ0) is 24.2. The van der Waals surface area contributed by atoms with Crippen molar-refractivity contribution in [3.05, 3.63) is 63.7 Å². The lowest BCUT2D eigenvalue weighted by atomic mass is 10.1. The predicted molar refractivity (Wildman–Crippen MR) is 124 cm³/mol. The number of aromatic nitrogens is 3. The van der Waals surface area contributed by atoms with Gasteiger partial charge in [0.1, 0.15) is 12.1 Å². The minimum atomic E-state index is -0.750. The molecule has 2 heterocycles. The number of benzene rings is 2. The summed E-state index contributed by atoms with van der Waals surface area (Å²) in [5.74, 6) is -2.31. The molecular weight excluding hydrogens is 466 g/mol. The van der Waals surface area contributed by atoms with Crippen LogP contribution >= 0.6 is 11.6 Å². The SMILES string of the molecule is CCOC(=O)CC(=O)Nc1cccc2cc(C(=O)Nc3ccc(Cl)cc3-c3noc(=O)[nH]3)[nH]c12. The van der Waals surface area contributed by atoms with Gasteiger partial charge in [0, 0.05) is 16.0 Å². The Morgan fingerprint density at radius 3 is 2.65 bits per heavy atom. The summed E-state index contributed by atoms with van der Waals surface area (Å²) >= 11 is 6.06. The lowest BCUT2D eigenvalue weighted by molar-refractivity contribution is -0.145. The highest BCUT2D eigenvalue weighted by Gasteiger charge is 2.18. The molecule has 4 rings (SSSR count). The number of carbonyl (C=O) groups is 3. The molecule has 11 nitrogen and oxygen atoms in total. The van der Waals surface area contributed by atoms with Crippen molar-refractivity contribution in [2.45, 2.75) is 13.3 Å². The summed E-state index contributed by atoms with van der Waals surface area (Å²) in [5, 5.41) is 10.1. The van der Waals surface area contributed by atoms with Gasteiger partial charge in [-0.15, -0.1) is 0 Å². The number of rotatable bonds is 7. The summed E-state index contributed by atoms with van der Waals surface area (Å²) in [5.41, 5.74) is 1.80. The molecule has 174 valence electrons. The molecule has 2 amide bonds. The first-order valence-corrected chi connectivity index (χ1v) is 10.5. The van der Waals surface area contributed by atoms with Crippen molar-refractivity contribution in [3.63, 3.8) is 0 Å². The van der Waals surface area contributed by atoms with E-state index in [-0.39, 0.29) is 18.1 Å². The van der Waals surface area contributed by atoms with Gasteiger partial charge in [-0.1, -0.05) is 28.9 Å². The standard InChI is InChI=1S/C22H18ClN5O6/c1-2-33-18(30)10-17(29)24-15-5-3-4-11-8-16(25-19(11)15)21(31)26-14-7-6-12(23)9-13(14)20-27-22(32)34-28-20/h3-9,25H,2,10H2,1H3,(H,24,29)(H,26,31)(H,27,28,32). The lowest BCUT2D eigenvalue weighted by Crippen LogP contribution is -2.18. The van der Waals surface area contributed by atoms with E-state index in [2.05, 4.69) is 30.3 Å². The number of carbonyl (C=O) groups excluding carboxylic acids is 3. The normalized spacial score (nSPS) is 10.8. The molecule has 34 heavy (non-hydrogen) atoms. The van der Waals surface area contributed by atoms with Crippen LogP contribution in [0.4, 0.5) is 11.4 Å². The first-order chi connectivity index (χ1) is 16.3. The molecule has 4 aromatic rings. The van der Waals surface area contributed by atoms with Gasteiger partial charge in [0.15, 0.2) is 5.82 Å². The number of aromatic amines is 2. The molecule has 4 N–H and O–H groups in total. The van der Waals surface area contributed by atoms with Gasteiger partial charge < -0.3 is 20.4 Å². The number of hydrogen-bond donors (Lipinski definition) is 4. The Morgan fingerprint density at radius 1 is 1.09 bits per heavy atom. The lowest BCUT2D eigenvalue weighted by Gasteiger charge is -2.09. The van der Waals surface area contributed by atoms with Crippen LogP contribution in [0.1, 0.15) is 23.8 Å². The second kappa shape index (κ2) is 9.63. The number of anilines is 2. The maximum atomic E-state index is 13.0. The predicted octanol–water partition coefficient (Wildman–Crippen LogP) is 3.31. The number of para-hydroxylation sites is 1. The van der Waals surface area contributed by atoms with E-state index in [1.165, 1.54) is 6.07 Å². The molecule has 0 spiro atoms. The molecule has 2 aromatic heterocycles. The van der Waals surface area contributed by atoms with Gasteiger partial charge >= 0.3 is 11.7 Å². The topological polar surface area (TPSA) is 159 Å². The Hall–Kier alpha value is -4.38. The van der Waals surface area contributed by atoms with Crippen LogP contribution < -0.4 is 16.4 Å². The van der Waals surface area contributed by atoms with E-state index in [9.17, 15) is 19.2 Å². The highest BCUT2D eigenvalue weighted by Crippen LogP contribution is 2.29. The fourth-order valence-corrected chi connectivity index (χ4v) is 3.45. The average Bonchev–Trinajstić information content (AvgIpc) is 3.42. The Balaban J connectivity index is 1.58. The molecule has 0 unspecified atom stereocenters. The maximum absolute atomic E-state index is 13.0. The third-order valence-electron chi connectivity index (χ3n) is 4.71. The van der Waals surface area contributed by atoms with E-state index in [4.69, 9.17) is 16.3 Å². The molecule has 0 fully saturated rings. The molecule has 2 aromatic carbocycles. The zero-order valence-corrected chi connectivity index (χ0v) is 18.5. The Bertz CT molecular complexity index is 1450. The van der Waals surface area contributed by atoms with Gasteiger partial charge in [-0.3, -0.25) is 23.9 Å². The number of H-pyrrole nitrogens is 2. The number of hydrogen-bond acceptors (Lipinski definition) is 7. The van der Waals surface area contributed by atoms with E-state index in [1.807, 2.05) is 0 Å². The molecule has 0 aliphatic rings. The summed E-state index contributed by atoms with van der Waals surface area (Å²) in [6.45, 7) is 1.83. The van der Waals surface area contributed by atoms with Gasteiger partial charge in [0.05, 0.1) is 23.5 Å². The van der Waals surface area contributed by atoms with Gasteiger partial charge in [-0.2, -0.15) is 0 Å². The van der Waals surface area contributed by atoms with Crippen LogP contribution in [-0.2, 0) is 14.3 Å². The smallest absolute Gasteiger partial charge is 0.439 e. The highest BCUT2D eigenvalue weighted by atomic mass is 35.5. The van der Waals surface area contributed by atoms with Crippen molar-refractivity contribution < 1.29 is 23.6 Å². The van der Waals surface area contributed by atoms with Gasteiger partial charge in [0.25, 0.3) is 5.91 Å². The summed E-state index contributed by atoms with van der Waals surface area (Å²) in [4.78, 5) is 53.4. The largest absolute Gasteiger partial charge is 0.466 e. The first-order valence-electron chi connectivity index (χ1n) is 10.1. The van der Waals surface area contributed by atoms with E-state index < -0.39 is 30.0 Å². The van der Waals surface area contributed by atoms with Gasteiger partial charge in [-0.25, -0.2) is 4.79 Å². The van der Waals surface area contributed by atoms with E-state index >= 15 is 0 Å². The molecule has 0 saturated carbocycles. The minimum absolute atomic E-state index is 0.103. The minimum Gasteiger partial charge on any atom is -0.466 e. The van der Waals surface area contributed by atoms with Crippen LogP contribution in [0.3, 0.4) is 0 Å². The Morgan fingerprint density at radius 2 is 1.91 bits per heavy atom. The zero-order valence-electron chi connectivity index (χ0n) is 17.7. The molecule has 0 aliphatic carbocycles. The number of nitrogens with one attached hydrogen (secondary N) is 4. The number of fused-ring (bicyclic) bond motifs is 1. The summed E-state index contributed by atoms with van der Waals surface area (Å²) in [6.07, 6.45) is -0.429. The van der Waals surface area contributed by atoms with Crippen molar-refractivity contribution >= 4 is 51.7 Å². The average molecular weight is 484 g/mol. The van der Waals surface area contributed by atoms with Crippen LogP contribution in [0, 0.1) is 0 Å². The second-order valence-corrected chi connectivity index (χ2v) is 7.51. The number of halogens is 1. The summed E-state index contributed by atoms with van der Waals surface area (Å²) in [7, 11) is 0. The van der Waals surface area contributed by atoms with Crippen LogP contribution in [0.25, 0.3) is 22.3 Å². The highest BCUT2D eigenvalue weighted by molar-refractivity contribution is 6.31.